The lowest BCUT2D eigenvalue weighted by atomic mass is 10.2. The SMILES string of the molecule is CCNc1c(COc2ccccc2)c(C)nn1C. The Kier molecular flexibility index (Phi) is 3.87. The minimum Gasteiger partial charge on any atom is -0.489 e. The van der Waals surface area contributed by atoms with Crippen LogP contribution in [0.25, 0.3) is 0 Å². The fourth-order valence-electron chi connectivity index (χ4n) is 1.94. The highest BCUT2D eigenvalue weighted by Crippen LogP contribution is 2.21. The molecule has 0 bridgehead atoms. The summed E-state index contributed by atoms with van der Waals surface area (Å²) in [5, 5.41) is 7.74. The second-order valence-corrected chi connectivity index (χ2v) is 4.17. The molecule has 1 N–H and O–H groups in total. The van der Waals surface area contributed by atoms with Crippen molar-refractivity contribution in [3.8, 4) is 5.75 Å². The molecule has 2 aromatic rings. The van der Waals surface area contributed by atoms with Gasteiger partial charge in [-0.15, -0.1) is 0 Å². The molecule has 18 heavy (non-hydrogen) atoms. The molecule has 1 heterocycles. The van der Waals surface area contributed by atoms with Gasteiger partial charge in [0.1, 0.15) is 18.2 Å². The molecule has 0 atom stereocenters. The quantitative estimate of drug-likeness (QED) is 0.880. The van der Waals surface area contributed by atoms with Crippen LogP contribution >= 0.6 is 0 Å². The molecule has 1 aromatic heterocycles. The van der Waals surface area contributed by atoms with Crippen LogP contribution in [0.5, 0.6) is 5.75 Å². The summed E-state index contributed by atoms with van der Waals surface area (Å²) in [5.41, 5.74) is 2.12. The largest absolute Gasteiger partial charge is 0.489 e. The van der Waals surface area contributed by atoms with E-state index in [4.69, 9.17) is 4.74 Å². The van der Waals surface area contributed by atoms with Gasteiger partial charge in [0.05, 0.1) is 11.3 Å². The van der Waals surface area contributed by atoms with Crippen LogP contribution in [0.15, 0.2) is 30.3 Å². The first-order valence-corrected chi connectivity index (χ1v) is 6.16. The zero-order valence-corrected chi connectivity index (χ0v) is 11.1. The average Bonchev–Trinajstić information content (AvgIpc) is 2.64. The molecular formula is C14H19N3O. The molecule has 0 fully saturated rings. The number of ether oxygens (including phenoxy) is 1. The number of benzene rings is 1. The zero-order chi connectivity index (χ0) is 13.0. The van der Waals surface area contributed by atoms with Crippen molar-refractivity contribution in [1.29, 1.82) is 0 Å². The summed E-state index contributed by atoms with van der Waals surface area (Å²) in [7, 11) is 1.94. The van der Waals surface area contributed by atoms with Gasteiger partial charge in [0.15, 0.2) is 0 Å². The Balaban J connectivity index is 2.13. The first-order chi connectivity index (χ1) is 8.72. The fraction of sp³-hybridized carbons (Fsp3) is 0.357. The molecule has 0 saturated heterocycles. The maximum absolute atomic E-state index is 5.78. The van der Waals surface area contributed by atoms with E-state index >= 15 is 0 Å². The van der Waals surface area contributed by atoms with Crippen molar-refractivity contribution in [1.82, 2.24) is 9.78 Å². The molecule has 4 nitrogen and oxygen atoms in total. The lowest BCUT2D eigenvalue weighted by Gasteiger charge is -2.09. The van der Waals surface area contributed by atoms with Gasteiger partial charge in [-0.25, -0.2) is 0 Å². The van der Waals surface area contributed by atoms with Gasteiger partial charge in [0.25, 0.3) is 0 Å². The van der Waals surface area contributed by atoms with E-state index in [-0.39, 0.29) is 0 Å². The summed E-state index contributed by atoms with van der Waals surface area (Å²) in [6, 6.07) is 9.83. The zero-order valence-electron chi connectivity index (χ0n) is 11.1. The third-order valence-corrected chi connectivity index (χ3v) is 2.82. The first kappa shape index (κ1) is 12.5. The number of rotatable bonds is 5. The van der Waals surface area contributed by atoms with Gasteiger partial charge in [-0.1, -0.05) is 18.2 Å². The van der Waals surface area contributed by atoms with Gasteiger partial charge in [-0.05, 0) is 26.0 Å². The molecule has 0 saturated carbocycles. The van der Waals surface area contributed by atoms with Gasteiger partial charge in [-0.3, -0.25) is 4.68 Å². The summed E-state index contributed by atoms with van der Waals surface area (Å²) in [6.07, 6.45) is 0. The van der Waals surface area contributed by atoms with Crippen molar-refractivity contribution in [2.75, 3.05) is 11.9 Å². The Morgan fingerprint density at radius 2 is 2.00 bits per heavy atom. The summed E-state index contributed by atoms with van der Waals surface area (Å²) in [4.78, 5) is 0. The number of hydrogen-bond donors (Lipinski definition) is 1. The Morgan fingerprint density at radius 3 is 2.67 bits per heavy atom. The monoisotopic (exact) mass is 245 g/mol. The van der Waals surface area contributed by atoms with Gasteiger partial charge in [0, 0.05) is 13.6 Å². The highest BCUT2D eigenvalue weighted by Gasteiger charge is 2.12. The number of nitrogens with zero attached hydrogens (tertiary/aromatic N) is 2. The van der Waals surface area contributed by atoms with E-state index in [9.17, 15) is 0 Å². The van der Waals surface area contributed by atoms with Crippen LogP contribution in [0.1, 0.15) is 18.2 Å². The number of anilines is 1. The summed E-state index contributed by atoms with van der Waals surface area (Å²) in [6.45, 7) is 5.48. The van der Waals surface area contributed by atoms with Crippen molar-refractivity contribution in [3.63, 3.8) is 0 Å². The first-order valence-electron chi connectivity index (χ1n) is 6.16. The number of aromatic nitrogens is 2. The number of nitrogens with one attached hydrogen (secondary N) is 1. The van der Waals surface area contributed by atoms with E-state index in [1.54, 1.807) is 0 Å². The Hall–Kier alpha value is -1.97. The Bertz CT molecular complexity index is 505. The van der Waals surface area contributed by atoms with Crippen LogP contribution in [-0.2, 0) is 13.7 Å². The Morgan fingerprint density at radius 1 is 1.28 bits per heavy atom. The highest BCUT2D eigenvalue weighted by molar-refractivity contribution is 5.47. The molecule has 2 rings (SSSR count). The molecule has 4 heteroatoms. The van der Waals surface area contributed by atoms with Gasteiger partial charge < -0.3 is 10.1 Å². The smallest absolute Gasteiger partial charge is 0.130 e. The van der Waals surface area contributed by atoms with E-state index < -0.39 is 0 Å². The minimum absolute atomic E-state index is 0.534. The molecule has 0 spiro atoms. The van der Waals surface area contributed by atoms with Crippen molar-refractivity contribution >= 4 is 5.82 Å². The molecule has 0 unspecified atom stereocenters. The maximum atomic E-state index is 5.78. The van der Waals surface area contributed by atoms with Crippen molar-refractivity contribution < 1.29 is 4.74 Å². The van der Waals surface area contributed by atoms with Crippen molar-refractivity contribution in [3.05, 3.63) is 41.6 Å². The molecule has 0 aliphatic rings. The van der Waals surface area contributed by atoms with E-state index in [0.717, 1.165) is 29.4 Å². The second-order valence-electron chi connectivity index (χ2n) is 4.17. The van der Waals surface area contributed by atoms with Gasteiger partial charge in [-0.2, -0.15) is 5.10 Å². The molecular weight excluding hydrogens is 226 g/mol. The molecule has 96 valence electrons. The van der Waals surface area contributed by atoms with Crippen LogP contribution in [0.2, 0.25) is 0 Å². The number of aryl methyl sites for hydroxylation is 2. The maximum Gasteiger partial charge on any atom is 0.130 e. The lowest BCUT2D eigenvalue weighted by molar-refractivity contribution is 0.306. The highest BCUT2D eigenvalue weighted by atomic mass is 16.5. The van der Waals surface area contributed by atoms with E-state index in [2.05, 4.69) is 17.3 Å². The van der Waals surface area contributed by atoms with E-state index in [1.807, 2.05) is 49.0 Å². The van der Waals surface area contributed by atoms with Gasteiger partial charge in [0.2, 0.25) is 0 Å². The minimum atomic E-state index is 0.534. The average molecular weight is 245 g/mol. The standard InChI is InChI=1S/C14H19N3O/c1-4-15-14-13(11(2)16-17(14)3)10-18-12-8-6-5-7-9-12/h5-9,15H,4,10H2,1-3H3. The Labute approximate surface area is 108 Å². The van der Waals surface area contributed by atoms with Crippen LogP contribution in [0.3, 0.4) is 0 Å². The van der Waals surface area contributed by atoms with E-state index in [0.29, 0.717) is 6.61 Å². The summed E-state index contributed by atoms with van der Waals surface area (Å²) >= 11 is 0. The molecule has 0 aliphatic heterocycles. The normalized spacial score (nSPS) is 10.4. The summed E-state index contributed by atoms with van der Waals surface area (Å²) in [5.74, 6) is 1.91. The van der Waals surface area contributed by atoms with Crippen LogP contribution in [0, 0.1) is 6.92 Å². The lowest BCUT2D eigenvalue weighted by Crippen LogP contribution is -2.06. The second kappa shape index (κ2) is 5.58. The van der Waals surface area contributed by atoms with Crippen molar-refractivity contribution in [2.24, 2.45) is 7.05 Å². The predicted octanol–water partition coefficient (Wildman–Crippen LogP) is 2.74. The molecule has 0 aliphatic carbocycles. The third kappa shape index (κ3) is 2.64. The fourth-order valence-corrected chi connectivity index (χ4v) is 1.94. The summed E-state index contributed by atoms with van der Waals surface area (Å²) < 4.78 is 7.64. The molecule has 1 aromatic carbocycles. The van der Waals surface area contributed by atoms with E-state index in [1.165, 1.54) is 0 Å². The van der Waals surface area contributed by atoms with Crippen LogP contribution < -0.4 is 10.1 Å². The van der Waals surface area contributed by atoms with Crippen LogP contribution in [-0.4, -0.2) is 16.3 Å². The van der Waals surface area contributed by atoms with Gasteiger partial charge >= 0.3 is 0 Å². The number of hydrogen-bond acceptors (Lipinski definition) is 3. The number of para-hydroxylation sites is 1. The van der Waals surface area contributed by atoms with Crippen molar-refractivity contribution in [2.45, 2.75) is 20.5 Å². The topological polar surface area (TPSA) is 39.1 Å². The predicted molar refractivity (Wildman–Crippen MR) is 72.9 cm³/mol. The van der Waals surface area contributed by atoms with Crippen LogP contribution in [0.4, 0.5) is 5.82 Å². The third-order valence-electron chi connectivity index (χ3n) is 2.82. The molecule has 0 amide bonds. The molecule has 0 radical (unpaired) electrons.